The number of amides is 1. The molecule has 0 radical (unpaired) electrons. The van der Waals surface area contributed by atoms with Crippen LogP contribution in [0.15, 0.2) is 0 Å². The molecule has 4 heteroatoms. The number of piperidine rings is 2. The van der Waals surface area contributed by atoms with E-state index in [4.69, 9.17) is 10.5 Å². The fourth-order valence-electron chi connectivity index (χ4n) is 2.64. The molecule has 80 valence electrons. The normalized spacial score (nSPS) is 35.3. The number of hydrogen-bond acceptors (Lipinski definition) is 3. The molecule has 2 saturated heterocycles. The lowest BCUT2D eigenvalue weighted by atomic mass is 9.68. The van der Waals surface area contributed by atoms with E-state index in [9.17, 15) is 4.79 Å². The number of rotatable bonds is 3. The first-order valence-corrected chi connectivity index (χ1v) is 5.35. The topological polar surface area (TPSA) is 55.6 Å². The van der Waals surface area contributed by atoms with Crippen molar-refractivity contribution in [1.82, 2.24) is 4.90 Å². The predicted octanol–water partition coefficient (Wildman–Crippen LogP) is -0.171. The summed E-state index contributed by atoms with van der Waals surface area (Å²) in [6.45, 7) is 4.63. The fourth-order valence-corrected chi connectivity index (χ4v) is 2.64. The maximum Gasteiger partial charge on any atom is 0.236 e. The quantitative estimate of drug-likeness (QED) is 0.685. The highest BCUT2D eigenvalue weighted by atomic mass is 16.5. The molecule has 1 amide bonds. The van der Waals surface area contributed by atoms with Crippen molar-refractivity contribution in [2.75, 3.05) is 26.2 Å². The third-order valence-electron chi connectivity index (χ3n) is 3.33. The van der Waals surface area contributed by atoms with E-state index in [0.29, 0.717) is 17.9 Å². The van der Waals surface area contributed by atoms with E-state index in [2.05, 4.69) is 0 Å². The molecular formula is C10H18N2O2. The zero-order chi connectivity index (χ0) is 10.1. The lowest BCUT2D eigenvalue weighted by Gasteiger charge is -2.52. The average Bonchev–Trinajstić information content (AvgIpc) is 2.24. The van der Waals surface area contributed by atoms with E-state index in [-0.39, 0.29) is 12.5 Å². The van der Waals surface area contributed by atoms with Crippen LogP contribution in [0.25, 0.3) is 0 Å². The monoisotopic (exact) mass is 198 g/mol. The summed E-state index contributed by atoms with van der Waals surface area (Å²) in [5, 5.41) is 0. The Labute approximate surface area is 84.4 Å². The summed E-state index contributed by atoms with van der Waals surface area (Å²) in [6, 6.07) is 0. The second-order valence-corrected chi connectivity index (χ2v) is 4.18. The number of fused-ring (bicyclic) bond motifs is 2. The van der Waals surface area contributed by atoms with Gasteiger partial charge in [0.1, 0.15) is 0 Å². The molecule has 2 unspecified atom stereocenters. The molecule has 3 aliphatic rings. The minimum Gasteiger partial charge on any atom is -0.378 e. The molecule has 3 rings (SSSR count). The van der Waals surface area contributed by atoms with E-state index < -0.39 is 0 Å². The van der Waals surface area contributed by atoms with Crippen LogP contribution in [0.4, 0.5) is 0 Å². The molecule has 0 aromatic heterocycles. The first-order valence-electron chi connectivity index (χ1n) is 5.35. The van der Waals surface area contributed by atoms with Crippen molar-refractivity contribution in [2.24, 2.45) is 17.6 Å². The highest BCUT2D eigenvalue weighted by molar-refractivity contribution is 5.78. The zero-order valence-electron chi connectivity index (χ0n) is 8.61. The van der Waals surface area contributed by atoms with Crippen LogP contribution in [-0.4, -0.2) is 43.2 Å². The highest BCUT2D eigenvalue weighted by Gasteiger charge is 2.48. The SMILES string of the molecule is CCOC1C2CC1CN(C(=O)CN)C2. The summed E-state index contributed by atoms with van der Waals surface area (Å²) in [6.07, 6.45) is 1.63. The van der Waals surface area contributed by atoms with Crippen LogP contribution >= 0.6 is 0 Å². The third kappa shape index (κ3) is 1.53. The summed E-state index contributed by atoms with van der Waals surface area (Å²) in [7, 11) is 0. The van der Waals surface area contributed by atoms with Crippen molar-refractivity contribution in [3.8, 4) is 0 Å². The van der Waals surface area contributed by atoms with Gasteiger partial charge < -0.3 is 15.4 Å². The Hall–Kier alpha value is -0.610. The second-order valence-electron chi connectivity index (χ2n) is 4.18. The van der Waals surface area contributed by atoms with Crippen LogP contribution in [0.1, 0.15) is 13.3 Å². The van der Waals surface area contributed by atoms with Crippen molar-refractivity contribution in [3.05, 3.63) is 0 Å². The van der Waals surface area contributed by atoms with Gasteiger partial charge in [0.2, 0.25) is 5.91 Å². The van der Waals surface area contributed by atoms with Gasteiger partial charge in [-0.2, -0.15) is 0 Å². The molecule has 14 heavy (non-hydrogen) atoms. The van der Waals surface area contributed by atoms with Gasteiger partial charge in [-0.3, -0.25) is 4.79 Å². The number of carbonyl (C=O) groups is 1. The van der Waals surface area contributed by atoms with E-state index in [1.165, 1.54) is 6.42 Å². The van der Waals surface area contributed by atoms with E-state index in [1.54, 1.807) is 0 Å². The molecular weight excluding hydrogens is 180 g/mol. The lowest BCUT2D eigenvalue weighted by Crippen LogP contribution is -2.61. The van der Waals surface area contributed by atoms with Gasteiger partial charge >= 0.3 is 0 Å². The van der Waals surface area contributed by atoms with Crippen molar-refractivity contribution in [3.63, 3.8) is 0 Å². The van der Waals surface area contributed by atoms with Gasteiger partial charge in [0, 0.05) is 31.5 Å². The summed E-state index contributed by atoms with van der Waals surface area (Å²) in [5.41, 5.74) is 5.33. The van der Waals surface area contributed by atoms with Gasteiger partial charge in [-0.25, -0.2) is 0 Å². The van der Waals surface area contributed by atoms with Crippen LogP contribution in [-0.2, 0) is 9.53 Å². The van der Waals surface area contributed by atoms with Crippen LogP contribution in [0.2, 0.25) is 0 Å². The molecule has 0 aromatic carbocycles. The lowest BCUT2D eigenvalue weighted by molar-refractivity contribution is -0.159. The summed E-state index contributed by atoms with van der Waals surface area (Å²) < 4.78 is 5.64. The van der Waals surface area contributed by atoms with Crippen LogP contribution in [0.3, 0.4) is 0 Å². The standard InChI is InChI=1S/C10H18N2O2/c1-2-14-10-7-3-8(10)6-12(5-7)9(13)4-11/h7-8,10H,2-6,11H2,1H3. The fraction of sp³-hybridized carbons (Fsp3) is 0.900. The largest absolute Gasteiger partial charge is 0.378 e. The Morgan fingerprint density at radius 3 is 2.64 bits per heavy atom. The van der Waals surface area contributed by atoms with Gasteiger partial charge in [0.05, 0.1) is 12.6 Å². The van der Waals surface area contributed by atoms with E-state index in [0.717, 1.165) is 19.7 Å². The molecule has 4 nitrogen and oxygen atoms in total. The Morgan fingerprint density at radius 2 is 2.14 bits per heavy atom. The van der Waals surface area contributed by atoms with Crippen molar-refractivity contribution >= 4 is 5.91 Å². The first kappa shape index (κ1) is 9.93. The molecule has 2 aliphatic heterocycles. The molecule has 1 aliphatic carbocycles. The number of carbonyl (C=O) groups excluding carboxylic acids is 1. The smallest absolute Gasteiger partial charge is 0.236 e. The first-order chi connectivity index (χ1) is 6.76. The molecule has 2 bridgehead atoms. The molecule has 0 aromatic rings. The summed E-state index contributed by atoms with van der Waals surface area (Å²) >= 11 is 0. The Kier molecular flexibility index (Phi) is 2.74. The highest BCUT2D eigenvalue weighted by Crippen LogP contribution is 2.41. The molecule has 2 heterocycles. The molecule has 2 atom stereocenters. The number of nitrogens with zero attached hydrogens (tertiary/aromatic N) is 1. The van der Waals surface area contributed by atoms with Crippen molar-refractivity contribution in [2.45, 2.75) is 19.4 Å². The minimum atomic E-state index is 0.0784. The number of hydrogen-bond donors (Lipinski definition) is 1. The van der Waals surface area contributed by atoms with Crippen LogP contribution in [0, 0.1) is 11.8 Å². The van der Waals surface area contributed by atoms with Gasteiger partial charge in [-0.05, 0) is 13.3 Å². The molecule has 2 N–H and O–H groups in total. The van der Waals surface area contributed by atoms with Crippen LogP contribution < -0.4 is 5.73 Å². The van der Waals surface area contributed by atoms with E-state index in [1.807, 2.05) is 11.8 Å². The average molecular weight is 198 g/mol. The van der Waals surface area contributed by atoms with Crippen LogP contribution in [0.5, 0.6) is 0 Å². The number of nitrogens with two attached hydrogens (primary N) is 1. The van der Waals surface area contributed by atoms with Gasteiger partial charge in [0.15, 0.2) is 0 Å². The molecule has 1 saturated carbocycles. The van der Waals surface area contributed by atoms with Crippen molar-refractivity contribution < 1.29 is 9.53 Å². The minimum absolute atomic E-state index is 0.0784. The number of ether oxygens (including phenoxy) is 1. The van der Waals surface area contributed by atoms with Gasteiger partial charge in [-0.15, -0.1) is 0 Å². The summed E-state index contributed by atoms with van der Waals surface area (Å²) in [4.78, 5) is 13.2. The Morgan fingerprint density at radius 1 is 1.50 bits per heavy atom. The molecule has 0 spiro atoms. The third-order valence-corrected chi connectivity index (χ3v) is 3.33. The molecule has 3 fully saturated rings. The Balaban J connectivity index is 1.88. The van der Waals surface area contributed by atoms with Crippen molar-refractivity contribution in [1.29, 1.82) is 0 Å². The second kappa shape index (κ2) is 3.87. The maximum absolute atomic E-state index is 11.4. The maximum atomic E-state index is 11.4. The summed E-state index contributed by atoms with van der Waals surface area (Å²) in [5.74, 6) is 1.20. The Bertz CT molecular complexity index is 220. The van der Waals surface area contributed by atoms with Gasteiger partial charge in [-0.1, -0.05) is 0 Å². The predicted molar refractivity (Wildman–Crippen MR) is 52.6 cm³/mol. The van der Waals surface area contributed by atoms with E-state index >= 15 is 0 Å². The van der Waals surface area contributed by atoms with Gasteiger partial charge in [0.25, 0.3) is 0 Å². The zero-order valence-corrected chi connectivity index (χ0v) is 8.61.